The van der Waals surface area contributed by atoms with Gasteiger partial charge in [-0.3, -0.25) is 14.1 Å². The van der Waals surface area contributed by atoms with Crippen LogP contribution >= 0.6 is 0 Å². The molecule has 54 heavy (non-hydrogen) atoms. The third-order valence-corrected chi connectivity index (χ3v) is 8.32. The van der Waals surface area contributed by atoms with Crippen LogP contribution in [-0.2, 0) is 38.7 Å². The van der Waals surface area contributed by atoms with E-state index < -0.39 is 71.2 Å². The molecule has 1 aliphatic rings. The second kappa shape index (κ2) is 30.6. The molecule has 6 atom stereocenters. The maximum absolute atomic E-state index is 12.7. The number of rotatable bonds is 27. The minimum atomic E-state index is -4.62. The Labute approximate surface area is 321 Å². The van der Waals surface area contributed by atoms with Crippen molar-refractivity contribution in [2.45, 2.75) is 115 Å². The van der Waals surface area contributed by atoms with Crippen molar-refractivity contribution in [3.05, 3.63) is 109 Å². The first kappa shape index (κ1) is 48.3. The van der Waals surface area contributed by atoms with Crippen molar-refractivity contribution in [1.82, 2.24) is 0 Å². The van der Waals surface area contributed by atoms with Crippen LogP contribution in [0.4, 0.5) is 0 Å². The lowest BCUT2D eigenvalue weighted by molar-refractivity contribution is -0.297. The third-order valence-electron chi connectivity index (χ3n) is 7.57. The smallest absolute Gasteiger partial charge is 0.306 e. The Balaban J connectivity index is 2.65. The molecule has 0 saturated carbocycles. The van der Waals surface area contributed by atoms with Crippen LogP contribution in [0, 0.1) is 0 Å². The maximum atomic E-state index is 12.7. The first-order valence-electron chi connectivity index (χ1n) is 18.6. The summed E-state index contributed by atoms with van der Waals surface area (Å²) in [6.07, 6.45) is 31.7. The molecule has 1 rings (SSSR count). The van der Waals surface area contributed by atoms with Gasteiger partial charge in [-0.1, -0.05) is 130 Å². The number of carbonyl (C=O) groups is 2. The summed E-state index contributed by atoms with van der Waals surface area (Å²) in [5, 5.41) is 30.7. The Morgan fingerprint density at radius 1 is 0.630 bits per heavy atom. The fraction of sp³-hybridized carbons (Fsp3) is 0.512. The molecule has 0 amide bonds. The van der Waals surface area contributed by atoms with Crippen LogP contribution in [-0.4, -0.2) is 96.0 Å². The summed E-state index contributed by atoms with van der Waals surface area (Å²) < 4.78 is 53.6. The molecule has 4 N–H and O–H groups in total. The molecular weight excluding hydrogens is 717 g/mol. The molecule has 0 aliphatic carbocycles. The van der Waals surface area contributed by atoms with Crippen molar-refractivity contribution in [2.75, 3.05) is 19.0 Å². The summed E-state index contributed by atoms with van der Waals surface area (Å²) in [5.41, 5.74) is 0. The van der Waals surface area contributed by atoms with Crippen molar-refractivity contribution in [2.24, 2.45) is 0 Å². The highest BCUT2D eigenvalue weighted by Crippen LogP contribution is 2.23. The molecule has 0 aromatic carbocycles. The summed E-state index contributed by atoms with van der Waals surface area (Å²) in [5.74, 6) is -2.16. The van der Waals surface area contributed by atoms with Crippen LogP contribution in [0.25, 0.3) is 0 Å². The number of carbonyl (C=O) groups excluding carboxylic acids is 2. The second-order valence-corrected chi connectivity index (χ2v) is 13.8. The number of aliphatic hydroxyl groups is 3. The highest BCUT2D eigenvalue weighted by molar-refractivity contribution is 7.85. The lowest BCUT2D eigenvalue weighted by atomic mass is 10.00. The summed E-state index contributed by atoms with van der Waals surface area (Å²) in [7, 11) is -4.62. The van der Waals surface area contributed by atoms with E-state index in [1.807, 2.05) is 91.1 Å². The number of hydrogen-bond acceptors (Lipinski definition) is 11. The monoisotopic (exact) mass is 776 g/mol. The predicted octanol–water partition coefficient (Wildman–Crippen LogP) is 6.10. The van der Waals surface area contributed by atoms with E-state index in [1.165, 1.54) is 0 Å². The molecule has 0 radical (unpaired) electrons. The number of allylic oxidation sites excluding steroid dienone is 18. The summed E-state index contributed by atoms with van der Waals surface area (Å²) in [6.45, 7) is 3.32. The highest BCUT2D eigenvalue weighted by Gasteiger charge is 2.46. The predicted molar refractivity (Wildman–Crippen MR) is 210 cm³/mol. The van der Waals surface area contributed by atoms with Gasteiger partial charge in [-0.05, 0) is 44.9 Å². The van der Waals surface area contributed by atoms with Gasteiger partial charge in [-0.25, -0.2) is 0 Å². The Morgan fingerprint density at radius 2 is 1.13 bits per heavy atom. The van der Waals surface area contributed by atoms with Crippen LogP contribution in [0.5, 0.6) is 0 Å². The van der Waals surface area contributed by atoms with Gasteiger partial charge in [0.25, 0.3) is 10.1 Å². The van der Waals surface area contributed by atoms with Crippen LogP contribution in [0.2, 0.25) is 0 Å². The van der Waals surface area contributed by atoms with Crippen LogP contribution in [0.15, 0.2) is 109 Å². The van der Waals surface area contributed by atoms with Crippen molar-refractivity contribution in [3.63, 3.8) is 0 Å². The molecule has 13 heteroatoms. The average Bonchev–Trinajstić information content (AvgIpc) is 3.13. The fourth-order valence-electron chi connectivity index (χ4n) is 4.71. The highest BCUT2D eigenvalue weighted by atomic mass is 32.2. The Bertz CT molecular complexity index is 1420. The van der Waals surface area contributed by atoms with E-state index in [-0.39, 0.29) is 19.4 Å². The van der Waals surface area contributed by atoms with E-state index in [1.54, 1.807) is 0 Å². The molecule has 0 aromatic heterocycles. The van der Waals surface area contributed by atoms with Gasteiger partial charge in [0.15, 0.2) is 12.4 Å². The van der Waals surface area contributed by atoms with Crippen LogP contribution in [0.3, 0.4) is 0 Å². The minimum absolute atomic E-state index is 0.0512. The van der Waals surface area contributed by atoms with E-state index in [4.69, 9.17) is 18.9 Å². The van der Waals surface area contributed by atoms with E-state index in [0.29, 0.717) is 19.3 Å². The maximum Gasteiger partial charge on any atom is 0.306 e. The summed E-state index contributed by atoms with van der Waals surface area (Å²) in [4.78, 5) is 25.2. The van der Waals surface area contributed by atoms with Gasteiger partial charge >= 0.3 is 11.9 Å². The van der Waals surface area contributed by atoms with Crippen molar-refractivity contribution in [3.8, 4) is 0 Å². The average molecular weight is 777 g/mol. The number of hydrogen-bond donors (Lipinski definition) is 4. The van der Waals surface area contributed by atoms with Gasteiger partial charge in [0.2, 0.25) is 0 Å². The van der Waals surface area contributed by atoms with Crippen molar-refractivity contribution in [1.29, 1.82) is 0 Å². The Kier molecular flexibility index (Phi) is 27.4. The lowest BCUT2D eigenvalue weighted by Gasteiger charge is -2.40. The van der Waals surface area contributed by atoms with Gasteiger partial charge in [-0.2, -0.15) is 8.42 Å². The molecule has 1 aliphatic heterocycles. The van der Waals surface area contributed by atoms with Gasteiger partial charge < -0.3 is 34.3 Å². The molecule has 12 nitrogen and oxygen atoms in total. The second-order valence-electron chi connectivity index (χ2n) is 12.3. The van der Waals surface area contributed by atoms with Crippen LogP contribution in [0.1, 0.15) is 78.1 Å². The van der Waals surface area contributed by atoms with E-state index in [9.17, 15) is 37.9 Å². The van der Waals surface area contributed by atoms with Gasteiger partial charge in [0, 0.05) is 12.8 Å². The SMILES string of the molecule is CC/C=C/C=C/C=C/C=C/C=C/CCCC(=O)OC(COC(=O)CCCCC/C=C/C=C/C=C/C=C/CC)CO[C@@H]1O[C@@H](CS(=O)(=O)O)[C@H](O)C(O)C1O. The van der Waals surface area contributed by atoms with Crippen LogP contribution < -0.4 is 0 Å². The van der Waals surface area contributed by atoms with E-state index >= 15 is 0 Å². The Morgan fingerprint density at radius 3 is 1.67 bits per heavy atom. The molecule has 0 bridgehead atoms. The zero-order valence-electron chi connectivity index (χ0n) is 31.5. The number of ether oxygens (including phenoxy) is 4. The molecule has 1 heterocycles. The molecule has 1 saturated heterocycles. The fourth-order valence-corrected chi connectivity index (χ4v) is 5.40. The molecule has 0 aromatic rings. The van der Waals surface area contributed by atoms with Gasteiger partial charge in [0.1, 0.15) is 36.8 Å². The number of unbranched alkanes of at least 4 members (excludes halogenated alkanes) is 4. The zero-order valence-corrected chi connectivity index (χ0v) is 32.3. The number of esters is 2. The molecule has 302 valence electrons. The van der Waals surface area contributed by atoms with Gasteiger partial charge in [-0.15, -0.1) is 0 Å². The Hall–Kier alpha value is -3.69. The quantitative estimate of drug-likeness (QED) is 0.0326. The van der Waals surface area contributed by atoms with Crippen molar-refractivity contribution >= 4 is 22.1 Å². The van der Waals surface area contributed by atoms with E-state index in [2.05, 4.69) is 32.1 Å². The summed E-state index contributed by atoms with van der Waals surface area (Å²) in [6, 6.07) is 0. The van der Waals surface area contributed by atoms with Gasteiger partial charge in [0.05, 0.1) is 6.61 Å². The first-order chi connectivity index (χ1) is 26.0. The first-order valence-corrected chi connectivity index (χ1v) is 20.2. The summed E-state index contributed by atoms with van der Waals surface area (Å²) >= 11 is 0. The molecule has 3 unspecified atom stereocenters. The molecule has 1 fully saturated rings. The normalized spacial score (nSPS) is 22.2. The third kappa shape index (κ3) is 25.4. The standard InChI is InChI=1S/C41H60O12S/c1-3-5-7-9-11-13-15-17-19-21-23-25-27-29-36(42)50-31-34(32-51-41-40(46)39(45)38(44)35(53-41)33-54(47,48)49)52-37(43)30-28-26-24-22-20-18-16-14-12-10-8-6-4-2/h5-20,22,24,34-35,38-41,44-46H,3-4,21,23,25-33H2,1-2H3,(H,47,48,49)/b7-5+,8-6+,11-9+,12-10+,15-13+,16-14+,19-17+,20-18+,24-22+/t34?,35-,38-,39?,40?,41+/m0/s1. The topological polar surface area (TPSA) is 186 Å². The largest absolute Gasteiger partial charge is 0.462 e. The molecule has 0 spiro atoms. The molecular formula is C41H60O12S. The van der Waals surface area contributed by atoms with Crippen molar-refractivity contribution < 1.29 is 56.8 Å². The lowest BCUT2D eigenvalue weighted by Crippen LogP contribution is -2.60. The number of aliphatic hydroxyl groups excluding tert-OH is 3. The van der Waals surface area contributed by atoms with E-state index in [0.717, 1.165) is 32.1 Å². The minimum Gasteiger partial charge on any atom is -0.462 e. The zero-order chi connectivity index (χ0) is 39.9.